The zero-order chi connectivity index (χ0) is 39.6. The van der Waals surface area contributed by atoms with Gasteiger partial charge in [0.15, 0.2) is 0 Å². The molecule has 4 heterocycles. The van der Waals surface area contributed by atoms with Crippen molar-refractivity contribution in [2.24, 2.45) is 0 Å². The van der Waals surface area contributed by atoms with Crippen LogP contribution < -0.4 is 0 Å². The Labute approximate surface area is 307 Å². The molecule has 0 bridgehead atoms. The molecular formula is C46H28N4S. The zero-order valence-corrected chi connectivity index (χ0v) is 27.6. The molecule has 11 rings (SSSR count). The average Bonchev–Trinajstić information content (AvgIpc) is 3.93. The van der Waals surface area contributed by atoms with E-state index in [4.69, 9.17) is 12.7 Å². The smallest absolute Gasteiger partial charge is 0.235 e. The lowest BCUT2D eigenvalue weighted by Gasteiger charge is -2.13. The van der Waals surface area contributed by atoms with Gasteiger partial charge in [-0.05, 0) is 48.4 Å². The van der Waals surface area contributed by atoms with Crippen molar-refractivity contribution in [3.05, 3.63) is 170 Å². The molecule has 0 amide bonds. The molecule has 7 aromatic carbocycles. The molecule has 5 heteroatoms. The molecule has 0 N–H and O–H groups in total. The summed E-state index contributed by atoms with van der Waals surface area (Å²) in [4.78, 5) is 10.2. The molecule has 11 aromatic rings. The van der Waals surface area contributed by atoms with Gasteiger partial charge in [0.05, 0.1) is 43.0 Å². The summed E-state index contributed by atoms with van der Waals surface area (Å²) >= 11 is 1.66. The number of rotatable bonds is 4. The number of thiophene rings is 1. The molecule has 238 valence electrons. The second-order valence-corrected chi connectivity index (χ2v) is 13.5. The quantitative estimate of drug-likeness (QED) is 0.186. The molecule has 0 unspecified atom stereocenters. The largest absolute Gasteiger partial charge is 0.309 e. The first-order valence-electron chi connectivity index (χ1n) is 20.1. The fraction of sp³-hybridized carbons (Fsp3) is 0. The third kappa shape index (κ3) is 4.25. The Bertz CT molecular complexity index is 3500. The van der Waals surface area contributed by atoms with Crippen LogP contribution in [-0.4, -0.2) is 19.1 Å². The van der Waals surface area contributed by atoms with Crippen LogP contribution in [0.3, 0.4) is 0 Å². The molecule has 0 radical (unpaired) electrons. The molecule has 0 fully saturated rings. The Morgan fingerprint density at radius 3 is 1.98 bits per heavy atom. The fourth-order valence-electron chi connectivity index (χ4n) is 7.36. The summed E-state index contributed by atoms with van der Waals surface area (Å²) < 4.78 is 70.9. The number of para-hydroxylation sites is 3. The third-order valence-electron chi connectivity index (χ3n) is 9.61. The van der Waals surface area contributed by atoms with Crippen LogP contribution in [0.2, 0.25) is 0 Å². The first-order valence-corrected chi connectivity index (χ1v) is 17.4. The van der Waals surface area contributed by atoms with E-state index in [0.29, 0.717) is 11.4 Å². The molecule has 0 saturated carbocycles. The van der Waals surface area contributed by atoms with E-state index in [0.717, 1.165) is 53.1 Å². The zero-order valence-electron chi connectivity index (χ0n) is 33.8. The number of benzene rings is 7. The highest BCUT2D eigenvalue weighted by atomic mass is 32.1. The minimum Gasteiger partial charge on any atom is -0.309 e. The minimum atomic E-state index is -0.470. The van der Waals surface area contributed by atoms with Gasteiger partial charge in [0.1, 0.15) is 0 Å². The molecule has 0 atom stereocenters. The standard InChI is InChI=1S/C46H28N4S/c1-2-13-29(14-3-1)38-28-39(36-20-12-19-35-34-18-7-11-24-44(34)51-45(35)36)48-46(47-38)50-42-23-10-6-17-33(42)37-27-30(25-26-43(37)50)49-40-21-8-4-15-31(40)32-16-5-9-22-41(32)49/h1-28H/i6D,10D,17D,23D,25D,26D,27D. The van der Waals surface area contributed by atoms with Crippen LogP contribution in [0.25, 0.3) is 97.9 Å². The van der Waals surface area contributed by atoms with Crippen LogP contribution in [0.15, 0.2) is 170 Å². The number of hydrogen-bond acceptors (Lipinski definition) is 3. The second kappa shape index (κ2) is 11.0. The maximum Gasteiger partial charge on any atom is 0.235 e. The molecule has 0 aliphatic carbocycles. The highest BCUT2D eigenvalue weighted by Gasteiger charge is 2.20. The van der Waals surface area contributed by atoms with Crippen molar-refractivity contribution in [2.45, 2.75) is 0 Å². The number of aromatic nitrogens is 4. The van der Waals surface area contributed by atoms with Gasteiger partial charge in [-0.25, -0.2) is 9.97 Å². The van der Waals surface area contributed by atoms with E-state index in [9.17, 15) is 6.85 Å². The molecule has 51 heavy (non-hydrogen) atoms. The van der Waals surface area contributed by atoms with E-state index < -0.39 is 12.1 Å². The van der Waals surface area contributed by atoms with Crippen LogP contribution in [0, 0.1) is 0 Å². The van der Waals surface area contributed by atoms with Crippen molar-refractivity contribution in [1.82, 2.24) is 19.1 Å². The van der Waals surface area contributed by atoms with Crippen molar-refractivity contribution >= 4 is 75.1 Å². The van der Waals surface area contributed by atoms with E-state index in [1.165, 1.54) is 4.57 Å². The van der Waals surface area contributed by atoms with Crippen LogP contribution in [0.4, 0.5) is 0 Å². The SMILES string of the molecule is [2H]c1c([2H])c([2H])c2c(c1[2H])c1c([2H])c(-n3c4ccccc4c4ccccc43)c([2H])c([2H])c1n2-c1nc(-c2ccccc2)cc(-c2cccc3c2sc2ccccc23)n1. The van der Waals surface area contributed by atoms with Gasteiger partial charge in [-0.2, -0.15) is 0 Å². The molecular weight excluding hydrogens is 641 g/mol. The topological polar surface area (TPSA) is 35.6 Å². The molecule has 4 aromatic heterocycles. The fourth-order valence-corrected chi connectivity index (χ4v) is 8.58. The Balaban J connectivity index is 1.30. The monoisotopic (exact) mass is 675 g/mol. The Morgan fingerprint density at radius 1 is 0.490 bits per heavy atom. The van der Waals surface area contributed by atoms with E-state index in [1.54, 1.807) is 11.3 Å². The van der Waals surface area contributed by atoms with Crippen LogP contribution in [0.1, 0.15) is 9.60 Å². The molecule has 0 aliphatic heterocycles. The molecule has 0 saturated heterocycles. The van der Waals surface area contributed by atoms with Gasteiger partial charge >= 0.3 is 0 Å². The summed E-state index contributed by atoms with van der Waals surface area (Å²) in [7, 11) is 0. The van der Waals surface area contributed by atoms with E-state index in [-0.39, 0.29) is 63.7 Å². The van der Waals surface area contributed by atoms with Crippen molar-refractivity contribution in [3.63, 3.8) is 0 Å². The molecule has 0 spiro atoms. The lowest BCUT2D eigenvalue weighted by atomic mass is 10.0. The van der Waals surface area contributed by atoms with Crippen molar-refractivity contribution in [1.29, 1.82) is 0 Å². The number of hydrogen-bond donors (Lipinski definition) is 0. The maximum atomic E-state index is 9.92. The van der Waals surface area contributed by atoms with Crippen molar-refractivity contribution < 1.29 is 9.60 Å². The van der Waals surface area contributed by atoms with Crippen molar-refractivity contribution in [2.75, 3.05) is 0 Å². The van der Waals surface area contributed by atoms with Gasteiger partial charge in [-0.3, -0.25) is 4.57 Å². The summed E-state index contributed by atoms with van der Waals surface area (Å²) in [6.45, 7) is 0. The minimum absolute atomic E-state index is 0.0259. The van der Waals surface area contributed by atoms with E-state index >= 15 is 0 Å². The first kappa shape index (κ1) is 22.2. The van der Waals surface area contributed by atoms with Gasteiger partial charge in [0.2, 0.25) is 5.95 Å². The molecule has 0 aliphatic rings. The van der Waals surface area contributed by atoms with Gasteiger partial charge in [0, 0.05) is 58.5 Å². The van der Waals surface area contributed by atoms with Gasteiger partial charge < -0.3 is 4.57 Å². The van der Waals surface area contributed by atoms with Gasteiger partial charge in [0.25, 0.3) is 0 Å². The van der Waals surface area contributed by atoms with Crippen LogP contribution >= 0.6 is 11.3 Å². The summed E-state index contributed by atoms with van der Waals surface area (Å²) in [5, 5.41) is 4.21. The van der Waals surface area contributed by atoms with Crippen LogP contribution in [-0.2, 0) is 0 Å². The predicted molar refractivity (Wildman–Crippen MR) is 214 cm³/mol. The normalized spacial score (nSPS) is 13.8. The summed E-state index contributed by atoms with van der Waals surface area (Å²) in [5.74, 6) is 0.0522. The summed E-state index contributed by atoms with van der Waals surface area (Å²) in [5.41, 5.74) is 4.48. The van der Waals surface area contributed by atoms with E-state index in [2.05, 4.69) is 18.2 Å². The highest BCUT2D eigenvalue weighted by molar-refractivity contribution is 7.26. The van der Waals surface area contributed by atoms with Crippen molar-refractivity contribution in [3.8, 4) is 34.2 Å². The second-order valence-electron chi connectivity index (χ2n) is 12.5. The lowest BCUT2D eigenvalue weighted by Crippen LogP contribution is -2.04. The number of fused-ring (bicyclic) bond motifs is 9. The van der Waals surface area contributed by atoms with E-state index in [1.807, 2.05) is 114 Å². The Hall–Kier alpha value is -6.56. The summed E-state index contributed by atoms with van der Waals surface area (Å²) in [6.07, 6.45) is 0. The average molecular weight is 676 g/mol. The highest BCUT2D eigenvalue weighted by Crippen LogP contribution is 2.41. The Kier molecular flexibility index (Phi) is 4.78. The van der Waals surface area contributed by atoms with Crippen LogP contribution in [0.5, 0.6) is 0 Å². The number of nitrogens with zero attached hydrogens (tertiary/aromatic N) is 4. The van der Waals surface area contributed by atoms with Gasteiger partial charge in [-0.15, -0.1) is 11.3 Å². The summed E-state index contributed by atoms with van der Waals surface area (Å²) in [6, 6.07) is 39.0. The first-order chi connectivity index (χ1) is 28.2. The predicted octanol–water partition coefficient (Wildman–Crippen LogP) is 12.4. The Morgan fingerprint density at radius 2 is 1.16 bits per heavy atom. The maximum absolute atomic E-state index is 9.92. The van der Waals surface area contributed by atoms with Gasteiger partial charge in [-0.1, -0.05) is 121 Å². The molecule has 4 nitrogen and oxygen atoms in total. The third-order valence-corrected chi connectivity index (χ3v) is 10.8. The lowest BCUT2D eigenvalue weighted by molar-refractivity contribution is 0.996.